The Hall–Kier alpha value is -2.11. The first-order chi connectivity index (χ1) is 18.1. The van der Waals surface area contributed by atoms with E-state index in [1.54, 1.807) is 18.9 Å². The van der Waals surface area contributed by atoms with Gasteiger partial charge in [-0.2, -0.15) is 11.8 Å². The maximum absolute atomic E-state index is 13.3. The van der Waals surface area contributed by atoms with Crippen molar-refractivity contribution in [1.29, 1.82) is 0 Å². The average molecular weight is 566 g/mol. The number of carbonyl (C=O) groups is 1. The molecule has 0 aliphatic rings. The molecule has 0 radical (unpaired) electrons. The van der Waals surface area contributed by atoms with Gasteiger partial charge in [0.05, 0.1) is 25.0 Å². The van der Waals surface area contributed by atoms with Crippen LogP contribution < -0.4 is 20.1 Å². The Morgan fingerprint density at radius 1 is 1.05 bits per heavy atom. The molecule has 0 aliphatic heterocycles. The van der Waals surface area contributed by atoms with Crippen molar-refractivity contribution in [3.63, 3.8) is 0 Å². The van der Waals surface area contributed by atoms with E-state index >= 15 is 0 Å². The second kappa shape index (κ2) is 16.8. The summed E-state index contributed by atoms with van der Waals surface area (Å²) in [4.78, 5) is 13.3. The molecule has 1 amide bonds. The van der Waals surface area contributed by atoms with Crippen molar-refractivity contribution in [1.82, 2.24) is 15.4 Å². The third kappa shape index (κ3) is 12.2. The van der Waals surface area contributed by atoms with E-state index in [2.05, 4.69) is 15.4 Å². The number of hydrogen-bond donors (Lipinski definition) is 4. The number of thioether (sulfide) groups is 1. The molecule has 212 valence electrons. The zero-order valence-corrected chi connectivity index (χ0v) is 24.5. The first kappa shape index (κ1) is 32.1. The highest BCUT2D eigenvalue weighted by molar-refractivity contribution is 7.98. The van der Waals surface area contributed by atoms with Crippen LogP contribution >= 0.6 is 11.8 Å². The Morgan fingerprint density at radius 2 is 1.76 bits per heavy atom. The van der Waals surface area contributed by atoms with E-state index in [4.69, 9.17) is 4.74 Å². The number of ether oxygens (including phenoxy) is 1. The number of nitrogens with one attached hydrogen (secondary N) is 3. The van der Waals surface area contributed by atoms with Gasteiger partial charge in [-0.1, -0.05) is 56.3 Å². The van der Waals surface area contributed by atoms with Crippen molar-refractivity contribution in [2.45, 2.75) is 57.8 Å². The summed E-state index contributed by atoms with van der Waals surface area (Å²) in [6.45, 7) is 4.69. The number of methoxy groups -OCH3 is 1. The Balaban J connectivity index is 2.11. The van der Waals surface area contributed by atoms with Crippen molar-refractivity contribution in [3.8, 4) is 5.75 Å². The van der Waals surface area contributed by atoms with Crippen LogP contribution in [0.4, 0.5) is 0 Å². The molecule has 2 aromatic carbocycles. The highest BCUT2D eigenvalue weighted by Gasteiger charge is 2.28. The Kier molecular flexibility index (Phi) is 14.2. The summed E-state index contributed by atoms with van der Waals surface area (Å²) in [5.74, 6) is 1.16. The first-order valence-electron chi connectivity index (χ1n) is 13.0. The van der Waals surface area contributed by atoms with Crippen LogP contribution in [0.25, 0.3) is 0 Å². The van der Waals surface area contributed by atoms with Gasteiger partial charge in [-0.05, 0) is 60.4 Å². The molecule has 2 aromatic rings. The number of aliphatic hydroxyl groups is 1. The van der Waals surface area contributed by atoms with E-state index in [0.717, 1.165) is 16.9 Å². The fraction of sp³-hybridized carbons (Fsp3) is 0.536. The minimum atomic E-state index is -3.62. The molecular weight excluding hydrogens is 522 g/mol. The standard InChI is InChI=1S/C28H43N3O5S2/c1-21(2)14-16-38(34,35)31-25(13-15-37-4)28(33)30-26(18-22-9-6-5-7-10-22)27(32)20-29-19-23-11-8-12-24(17-23)36-3/h5-12,17,21,25-27,29,31-32H,13-16,18-20H2,1-4H3,(H,30,33)/t25-,26-,27+/m0/s1. The van der Waals surface area contributed by atoms with Gasteiger partial charge in [0.15, 0.2) is 0 Å². The molecule has 10 heteroatoms. The lowest BCUT2D eigenvalue weighted by Crippen LogP contribution is -2.55. The monoisotopic (exact) mass is 565 g/mol. The number of hydrogen-bond acceptors (Lipinski definition) is 7. The maximum atomic E-state index is 13.3. The molecule has 8 nitrogen and oxygen atoms in total. The minimum Gasteiger partial charge on any atom is -0.497 e. The van der Waals surface area contributed by atoms with E-state index in [9.17, 15) is 18.3 Å². The third-order valence-corrected chi connectivity index (χ3v) is 8.18. The molecule has 0 fully saturated rings. The quantitative estimate of drug-likeness (QED) is 0.220. The van der Waals surface area contributed by atoms with E-state index in [1.807, 2.05) is 74.7 Å². The molecule has 2 rings (SSSR count). The second-order valence-corrected chi connectivity index (χ2v) is 12.7. The molecule has 38 heavy (non-hydrogen) atoms. The van der Waals surface area contributed by atoms with Gasteiger partial charge in [0.25, 0.3) is 0 Å². The van der Waals surface area contributed by atoms with Crippen LogP contribution in [0.5, 0.6) is 5.75 Å². The fourth-order valence-electron chi connectivity index (χ4n) is 3.87. The van der Waals surface area contributed by atoms with Gasteiger partial charge in [0.1, 0.15) is 11.8 Å². The number of amides is 1. The molecule has 0 unspecified atom stereocenters. The van der Waals surface area contributed by atoms with Crippen LogP contribution in [0.1, 0.15) is 37.8 Å². The van der Waals surface area contributed by atoms with E-state index in [0.29, 0.717) is 31.6 Å². The normalized spacial score (nSPS) is 14.2. The highest BCUT2D eigenvalue weighted by atomic mass is 32.2. The molecule has 0 heterocycles. The Labute approximate surface area is 232 Å². The average Bonchev–Trinajstić information content (AvgIpc) is 2.90. The van der Waals surface area contributed by atoms with Gasteiger partial charge in [-0.15, -0.1) is 0 Å². The van der Waals surface area contributed by atoms with Crippen LogP contribution in [-0.2, 0) is 27.8 Å². The predicted octanol–water partition coefficient (Wildman–Crippen LogP) is 2.96. The van der Waals surface area contributed by atoms with Crippen LogP contribution in [-0.4, -0.2) is 69.0 Å². The van der Waals surface area contributed by atoms with Crippen LogP contribution in [0.15, 0.2) is 54.6 Å². The number of sulfonamides is 1. The molecule has 0 saturated carbocycles. The molecule has 0 aromatic heterocycles. The van der Waals surface area contributed by atoms with Crippen molar-refractivity contribution in [2.24, 2.45) is 5.92 Å². The molecular formula is C28H43N3O5S2. The summed E-state index contributed by atoms with van der Waals surface area (Å²) in [6, 6.07) is 15.7. The van der Waals surface area contributed by atoms with E-state index in [-0.39, 0.29) is 18.2 Å². The van der Waals surface area contributed by atoms with Gasteiger partial charge in [0.2, 0.25) is 15.9 Å². The topological polar surface area (TPSA) is 117 Å². The van der Waals surface area contributed by atoms with Crippen molar-refractivity contribution >= 4 is 27.7 Å². The first-order valence-corrected chi connectivity index (χ1v) is 16.0. The summed E-state index contributed by atoms with van der Waals surface area (Å²) in [7, 11) is -2.01. The Morgan fingerprint density at radius 3 is 2.42 bits per heavy atom. The largest absolute Gasteiger partial charge is 0.497 e. The summed E-state index contributed by atoms with van der Waals surface area (Å²) < 4.78 is 33.2. The Bertz CT molecular complexity index is 1070. The highest BCUT2D eigenvalue weighted by Crippen LogP contribution is 2.13. The van der Waals surface area contributed by atoms with Gasteiger partial charge in [0, 0.05) is 13.1 Å². The van der Waals surface area contributed by atoms with Crippen molar-refractivity contribution < 1.29 is 23.1 Å². The predicted molar refractivity (Wildman–Crippen MR) is 156 cm³/mol. The molecule has 0 bridgehead atoms. The number of aliphatic hydroxyl groups excluding tert-OH is 1. The zero-order valence-electron chi connectivity index (χ0n) is 22.9. The van der Waals surface area contributed by atoms with E-state index in [1.165, 1.54) is 0 Å². The maximum Gasteiger partial charge on any atom is 0.238 e. The molecule has 0 saturated heterocycles. The molecule has 3 atom stereocenters. The summed E-state index contributed by atoms with van der Waals surface area (Å²) >= 11 is 1.55. The summed E-state index contributed by atoms with van der Waals surface area (Å²) in [6.07, 6.45) is 2.29. The number of benzene rings is 2. The van der Waals surface area contributed by atoms with Crippen LogP contribution in [0, 0.1) is 5.92 Å². The smallest absolute Gasteiger partial charge is 0.238 e. The van der Waals surface area contributed by atoms with Crippen LogP contribution in [0.2, 0.25) is 0 Å². The minimum absolute atomic E-state index is 0.0298. The lowest BCUT2D eigenvalue weighted by molar-refractivity contribution is -0.124. The lowest BCUT2D eigenvalue weighted by atomic mass is 10.00. The van der Waals surface area contributed by atoms with E-state index < -0.39 is 34.1 Å². The van der Waals surface area contributed by atoms with Gasteiger partial charge in [-0.25, -0.2) is 13.1 Å². The number of rotatable bonds is 18. The second-order valence-electron chi connectivity index (χ2n) is 9.81. The zero-order chi connectivity index (χ0) is 28.0. The van der Waals surface area contributed by atoms with Gasteiger partial charge < -0.3 is 20.5 Å². The summed E-state index contributed by atoms with van der Waals surface area (Å²) in [5, 5.41) is 17.3. The fourth-order valence-corrected chi connectivity index (χ4v) is 5.90. The SMILES string of the molecule is COc1cccc(CNC[C@@H](O)[C@H](Cc2ccccc2)NC(=O)[C@H](CCSC)NS(=O)(=O)CCC(C)C)c1. The summed E-state index contributed by atoms with van der Waals surface area (Å²) in [5.41, 5.74) is 1.97. The van der Waals surface area contributed by atoms with Gasteiger partial charge in [-0.3, -0.25) is 4.79 Å². The molecule has 4 N–H and O–H groups in total. The van der Waals surface area contributed by atoms with Crippen molar-refractivity contribution in [2.75, 3.05) is 31.4 Å². The molecule has 0 aliphatic carbocycles. The third-order valence-electron chi connectivity index (χ3n) is 6.12. The lowest BCUT2D eigenvalue weighted by Gasteiger charge is -2.27. The number of carbonyl (C=O) groups excluding carboxylic acids is 1. The van der Waals surface area contributed by atoms with Crippen LogP contribution in [0.3, 0.4) is 0 Å². The van der Waals surface area contributed by atoms with Gasteiger partial charge >= 0.3 is 0 Å². The van der Waals surface area contributed by atoms with Crippen molar-refractivity contribution in [3.05, 3.63) is 65.7 Å². The molecule has 0 spiro atoms.